The van der Waals surface area contributed by atoms with Gasteiger partial charge in [0.25, 0.3) is 5.91 Å². The van der Waals surface area contributed by atoms with Crippen molar-refractivity contribution in [1.82, 2.24) is 9.88 Å². The molecule has 1 aliphatic rings. The number of thiazole rings is 1. The Bertz CT molecular complexity index is 544. The molecule has 1 aliphatic heterocycles. The van der Waals surface area contributed by atoms with Gasteiger partial charge in [0.2, 0.25) is 0 Å². The van der Waals surface area contributed by atoms with Crippen LogP contribution in [0.1, 0.15) is 23.3 Å². The molecule has 0 spiro atoms. The van der Waals surface area contributed by atoms with Gasteiger partial charge >= 0.3 is 0 Å². The standard InChI is InChI=1S/C14H14N2OS/c17-14(16-8-4-5-9-16)12-13(18-10-15-12)11-6-2-1-3-7-11/h1-3,6-7,10H,4-5,8-9H2. The minimum atomic E-state index is 0.0765. The minimum Gasteiger partial charge on any atom is -0.337 e. The van der Waals surface area contributed by atoms with Crippen molar-refractivity contribution in [2.75, 3.05) is 13.1 Å². The molecule has 4 heteroatoms. The van der Waals surface area contributed by atoms with E-state index in [0.29, 0.717) is 5.69 Å². The average Bonchev–Trinajstić information content (AvgIpc) is 3.10. The first-order valence-corrected chi connectivity index (χ1v) is 7.02. The lowest BCUT2D eigenvalue weighted by Crippen LogP contribution is -2.28. The molecule has 1 aromatic carbocycles. The highest BCUT2D eigenvalue weighted by atomic mass is 32.1. The normalized spacial score (nSPS) is 15.0. The molecule has 0 unspecified atom stereocenters. The van der Waals surface area contributed by atoms with Crippen molar-refractivity contribution in [2.24, 2.45) is 0 Å². The molecule has 2 heterocycles. The summed E-state index contributed by atoms with van der Waals surface area (Å²) in [5, 5.41) is 0. The molecule has 0 aliphatic carbocycles. The van der Waals surface area contributed by atoms with Gasteiger partial charge in [0.15, 0.2) is 0 Å². The predicted molar refractivity (Wildman–Crippen MR) is 72.7 cm³/mol. The van der Waals surface area contributed by atoms with Crippen LogP contribution in [0.15, 0.2) is 35.8 Å². The Hall–Kier alpha value is -1.68. The largest absolute Gasteiger partial charge is 0.337 e. The molecule has 0 N–H and O–H groups in total. The average molecular weight is 258 g/mol. The number of hydrogen-bond acceptors (Lipinski definition) is 3. The van der Waals surface area contributed by atoms with Crippen molar-refractivity contribution in [3.05, 3.63) is 41.5 Å². The van der Waals surface area contributed by atoms with E-state index in [-0.39, 0.29) is 5.91 Å². The summed E-state index contributed by atoms with van der Waals surface area (Å²) in [6.07, 6.45) is 2.22. The number of rotatable bonds is 2. The molecular formula is C14H14N2OS. The highest BCUT2D eigenvalue weighted by Gasteiger charge is 2.24. The smallest absolute Gasteiger partial charge is 0.273 e. The van der Waals surface area contributed by atoms with Crippen molar-refractivity contribution >= 4 is 17.2 Å². The van der Waals surface area contributed by atoms with Crippen LogP contribution in [-0.4, -0.2) is 28.9 Å². The first-order chi connectivity index (χ1) is 8.86. The van der Waals surface area contributed by atoms with Crippen molar-refractivity contribution in [3.8, 4) is 10.4 Å². The summed E-state index contributed by atoms with van der Waals surface area (Å²) in [6.45, 7) is 1.73. The SMILES string of the molecule is O=C(c1ncsc1-c1ccccc1)N1CCCC1. The molecular weight excluding hydrogens is 244 g/mol. The molecule has 0 saturated carbocycles. The van der Waals surface area contributed by atoms with Gasteiger partial charge in [-0.15, -0.1) is 11.3 Å². The summed E-state index contributed by atoms with van der Waals surface area (Å²) in [6, 6.07) is 9.99. The lowest BCUT2D eigenvalue weighted by molar-refractivity contribution is 0.0788. The molecule has 1 saturated heterocycles. The molecule has 92 valence electrons. The van der Waals surface area contributed by atoms with Crippen LogP contribution in [0.25, 0.3) is 10.4 Å². The molecule has 0 bridgehead atoms. The summed E-state index contributed by atoms with van der Waals surface area (Å²) in [5.74, 6) is 0.0765. The fraction of sp³-hybridized carbons (Fsp3) is 0.286. The van der Waals surface area contributed by atoms with E-state index in [1.807, 2.05) is 35.2 Å². The predicted octanol–water partition coefficient (Wildman–Crippen LogP) is 3.05. The Morgan fingerprint density at radius 2 is 1.89 bits per heavy atom. The number of likely N-dealkylation sites (tertiary alicyclic amines) is 1. The number of benzene rings is 1. The maximum atomic E-state index is 12.4. The van der Waals surface area contributed by atoms with Gasteiger partial charge in [-0.1, -0.05) is 30.3 Å². The van der Waals surface area contributed by atoms with Crippen LogP contribution < -0.4 is 0 Å². The molecule has 1 fully saturated rings. The lowest BCUT2D eigenvalue weighted by atomic mass is 10.1. The zero-order valence-corrected chi connectivity index (χ0v) is 10.8. The van der Waals surface area contributed by atoms with Crippen molar-refractivity contribution in [2.45, 2.75) is 12.8 Å². The molecule has 0 atom stereocenters. The number of amides is 1. The Morgan fingerprint density at radius 1 is 1.17 bits per heavy atom. The van der Waals surface area contributed by atoms with Crippen molar-refractivity contribution < 1.29 is 4.79 Å². The van der Waals surface area contributed by atoms with Gasteiger partial charge in [0.1, 0.15) is 5.69 Å². The van der Waals surface area contributed by atoms with Crippen molar-refractivity contribution in [1.29, 1.82) is 0 Å². The van der Waals surface area contributed by atoms with Crippen LogP contribution in [0.2, 0.25) is 0 Å². The number of nitrogens with zero attached hydrogens (tertiary/aromatic N) is 2. The third kappa shape index (κ3) is 2.04. The minimum absolute atomic E-state index is 0.0765. The van der Waals surface area contributed by atoms with E-state index in [0.717, 1.165) is 36.4 Å². The molecule has 1 amide bonds. The summed E-state index contributed by atoms with van der Waals surface area (Å²) >= 11 is 1.53. The van der Waals surface area contributed by atoms with Gasteiger partial charge in [-0.25, -0.2) is 4.98 Å². The Balaban J connectivity index is 1.94. The van der Waals surface area contributed by atoms with E-state index in [2.05, 4.69) is 4.98 Å². The fourth-order valence-corrected chi connectivity index (χ4v) is 3.05. The van der Waals surface area contributed by atoms with Gasteiger partial charge in [0.05, 0.1) is 10.4 Å². The van der Waals surface area contributed by atoms with Gasteiger partial charge in [-0.05, 0) is 18.4 Å². The highest BCUT2D eigenvalue weighted by Crippen LogP contribution is 2.28. The van der Waals surface area contributed by atoms with E-state index in [1.165, 1.54) is 11.3 Å². The summed E-state index contributed by atoms with van der Waals surface area (Å²) in [5.41, 5.74) is 3.43. The second-order valence-corrected chi connectivity index (χ2v) is 5.25. The van der Waals surface area contributed by atoms with E-state index in [1.54, 1.807) is 5.51 Å². The Labute approximate surface area is 110 Å². The first kappa shape index (κ1) is 11.4. The van der Waals surface area contributed by atoms with Gasteiger partial charge in [-0.3, -0.25) is 4.79 Å². The third-order valence-corrected chi connectivity index (χ3v) is 4.07. The molecule has 3 nitrogen and oxygen atoms in total. The summed E-state index contributed by atoms with van der Waals surface area (Å²) < 4.78 is 0. The van der Waals surface area contributed by atoms with E-state index >= 15 is 0 Å². The first-order valence-electron chi connectivity index (χ1n) is 6.14. The van der Waals surface area contributed by atoms with Gasteiger partial charge in [-0.2, -0.15) is 0 Å². The fourth-order valence-electron chi connectivity index (χ4n) is 2.26. The highest BCUT2D eigenvalue weighted by molar-refractivity contribution is 7.13. The topological polar surface area (TPSA) is 33.2 Å². The summed E-state index contributed by atoms with van der Waals surface area (Å²) in [7, 11) is 0. The zero-order chi connectivity index (χ0) is 12.4. The molecule has 1 aromatic heterocycles. The maximum Gasteiger partial charge on any atom is 0.273 e. The molecule has 0 radical (unpaired) electrons. The number of carbonyl (C=O) groups is 1. The number of hydrogen-bond donors (Lipinski definition) is 0. The monoisotopic (exact) mass is 258 g/mol. The Kier molecular flexibility index (Phi) is 3.11. The van der Waals surface area contributed by atoms with Gasteiger partial charge < -0.3 is 4.90 Å². The quantitative estimate of drug-likeness (QED) is 0.829. The Morgan fingerprint density at radius 3 is 2.61 bits per heavy atom. The third-order valence-electron chi connectivity index (χ3n) is 3.20. The second-order valence-electron chi connectivity index (χ2n) is 4.40. The second kappa shape index (κ2) is 4.90. The van der Waals surface area contributed by atoms with Crippen LogP contribution in [0.5, 0.6) is 0 Å². The molecule has 18 heavy (non-hydrogen) atoms. The van der Waals surface area contributed by atoms with Crippen LogP contribution >= 0.6 is 11.3 Å². The van der Waals surface area contributed by atoms with E-state index in [9.17, 15) is 4.79 Å². The van der Waals surface area contributed by atoms with Crippen LogP contribution in [0.3, 0.4) is 0 Å². The van der Waals surface area contributed by atoms with Crippen molar-refractivity contribution in [3.63, 3.8) is 0 Å². The maximum absolute atomic E-state index is 12.4. The van der Waals surface area contributed by atoms with Gasteiger partial charge in [0, 0.05) is 13.1 Å². The molecule has 2 aromatic rings. The van der Waals surface area contributed by atoms with E-state index in [4.69, 9.17) is 0 Å². The van der Waals surface area contributed by atoms with Crippen LogP contribution in [-0.2, 0) is 0 Å². The van der Waals surface area contributed by atoms with E-state index < -0.39 is 0 Å². The zero-order valence-electron chi connectivity index (χ0n) is 10.0. The number of aromatic nitrogens is 1. The lowest BCUT2D eigenvalue weighted by Gasteiger charge is -2.14. The molecule has 3 rings (SSSR count). The summed E-state index contributed by atoms with van der Waals surface area (Å²) in [4.78, 5) is 19.5. The van der Waals surface area contributed by atoms with Crippen LogP contribution in [0.4, 0.5) is 0 Å². The number of carbonyl (C=O) groups excluding carboxylic acids is 1. The van der Waals surface area contributed by atoms with Crippen LogP contribution in [0, 0.1) is 0 Å².